The van der Waals surface area contributed by atoms with Crippen molar-refractivity contribution in [2.75, 3.05) is 20.2 Å². The van der Waals surface area contributed by atoms with Crippen LogP contribution in [-0.4, -0.2) is 35.0 Å². The van der Waals surface area contributed by atoms with Gasteiger partial charge in [-0.2, -0.15) is 5.10 Å². The molecule has 0 saturated carbocycles. The van der Waals surface area contributed by atoms with Crippen LogP contribution in [0.5, 0.6) is 5.75 Å². The molecule has 0 radical (unpaired) electrons. The van der Waals surface area contributed by atoms with E-state index in [-0.39, 0.29) is 11.6 Å². The van der Waals surface area contributed by atoms with Gasteiger partial charge in [0.15, 0.2) is 0 Å². The van der Waals surface area contributed by atoms with Crippen LogP contribution >= 0.6 is 0 Å². The first-order valence-corrected chi connectivity index (χ1v) is 6.82. The van der Waals surface area contributed by atoms with E-state index in [2.05, 4.69) is 15.5 Å². The van der Waals surface area contributed by atoms with Gasteiger partial charge in [-0.1, -0.05) is 6.07 Å². The zero-order valence-electron chi connectivity index (χ0n) is 11.4. The largest absolute Gasteiger partial charge is 0.497 e. The molecule has 2 N–H and O–H groups in total. The van der Waals surface area contributed by atoms with Crippen LogP contribution in [0.1, 0.15) is 24.6 Å². The Bertz CT molecular complexity index is 641. The van der Waals surface area contributed by atoms with Gasteiger partial charge in [0.1, 0.15) is 11.6 Å². The van der Waals surface area contributed by atoms with E-state index in [0.29, 0.717) is 0 Å². The summed E-state index contributed by atoms with van der Waals surface area (Å²) < 4.78 is 6.86. The standard InChI is InChI=1S/C14H18N4O2/c1-20-12-6-2-5-11(8-12)18-13(16-17-14(18)19)10-4-3-7-15-9-10/h2,5-6,8,10,15H,3-4,7,9H2,1H3,(H,17,19). The van der Waals surface area contributed by atoms with Gasteiger partial charge < -0.3 is 10.1 Å². The summed E-state index contributed by atoms with van der Waals surface area (Å²) in [7, 11) is 1.61. The van der Waals surface area contributed by atoms with Gasteiger partial charge in [0.25, 0.3) is 0 Å². The molecule has 2 aromatic rings. The van der Waals surface area contributed by atoms with E-state index < -0.39 is 0 Å². The highest BCUT2D eigenvalue weighted by Crippen LogP contribution is 2.23. The third-order valence-corrected chi connectivity index (χ3v) is 3.67. The summed E-state index contributed by atoms with van der Waals surface area (Å²) in [6, 6.07) is 7.46. The number of methoxy groups -OCH3 is 1. The number of piperidine rings is 1. The van der Waals surface area contributed by atoms with Crippen molar-refractivity contribution in [2.45, 2.75) is 18.8 Å². The first kappa shape index (κ1) is 12.9. The summed E-state index contributed by atoms with van der Waals surface area (Å²) >= 11 is 0. The number of H-pyrrole nitrogens is 1. The zero-order chi connectivity index (χ0) is 13.9. The second-order valence-corrected chi connectivity index (χ2v) is 4.97. The van der Waals surface area contributed by atoms with Crippen molar-refractivity contribution < 1.29 is 4.74 Å². The van der Waals surface area contributed by atoms with Crippen molar-refractivity contribution in [3.8, 4) is 11.4 Å². The van der Waals surface area contributed by atoms with E-state index in [1.165, 1.54) is 0 Å². The molecule has 6 heteroatoms. The smallest absolute Gasteiger partial charge is 0.347 e. The fourth-order valence-corrected chi connectivity index (χ4v) is 2.65. The van der Waals surface area contributed by atoms with Gasteiger partial charge in [0.05, 0.1) is 12.8 Å². The SMILES string of the molecule is COc1cccc(-n2c(C3CCCNC3)n[nH]c2=O)c1. The van der Waals surface area contributed by atoms with Gasteiger partial charge in [0.2, 0.25) is 0 Å². The van der Waals surface area contributed by atoms with Crippen molar-refractivity contribution in [3.05, 3.63) is 40.6 Å². The first-order chi connectivity index (χ1) is 9.79. The number of nitrogens with one attached hydrogen (secondary N) is 2. The van der Waals surface area contributed by atoms with Gasteiger partial charge in [0, 0.05) is 18.5 Å². The summed E-state index contributed by atoms with van der Waals surface area (Å²) in [5.41, 5.74) is 0.572. The third kappa shape index (κ3) is 2.34. The summed E-state index contributed by atoms with van der Waals surface area (Å²) in [6.07, 6.45) is 2.14. The number of hydrogen-bond acceptors (Lipinski definition) is 4. The van der Waals surface area contributed by atoms with Gasteiger partial charge >= 0.3 is 5.69 Å². The maximum absolute atomic E-state index is 12.1. The van der Waals surface area contributed by atoms with Crippen molar-refractivity contribution in [3.63, 3.8) is 0 Å². The summed E-state index contributed by atoms with van der Waals surface area (Å²) in [4.78, 5) is 12.1. The number of hydrogen-bond donors (Lipinski definition) is 2. The van der Waals surface area contributed by atoms with E-state index >= 15 is 0 Å². The molecule has 1 aromatic heterocycles. The van der Waals surface area contributed by atoms with Crippen molar-refractivity contribution in [1.82, 2.24) is 20.1 Å². The minimum Gasteiger partial charge on any atom is -0.497 e. The summed E-state index contributed by atoms with van der Waals surface area (Å²) in [5, 5.41) is 10.1. The van der Waals surface area contributed by atoms with Crippen LogP contribution in [0.3, 0.4) is 0 Å². The van der Waals surface area contributed by atoms with Crippen LogP contribution in [0.15, 0.2) is 29.1 Å². The van der Waals surface area contributed by atoms with Crippen molar-refractivity contribution in [1.29, 1.82) is 0 Å². The molecule has 1 aliphatic heterocycles. The molecule has 2 heterocycles. The molecule has 106 valence electrons. The number of ether oxygens (including phenoxy) is 1. The van der Waals surface area contributed by atoms with E-state index in [0.717, 1.165) is 43.2 Å². The monoisotopic (exact) mass is 274 g/mol. The van der Waals surface area contributed by atoms with Crippen LogP contribution in [0.4, 0.5) is 0 Å². The normalized spacial score (nSPS) is 18.9. The second-order valence-electron chi connectivity index (χ2n) is 4.97. The molecule has 1 atom stereocenters. The van der Waals surface area contributed by atoms with Gasteiger partial charge in [-0.25, -0.2) is 14.5 Å². The lowest BCUT2D eigenvalue weighted by Gasteiger charge is -2.22. The van der Waals surface area contributed by atoms with Gasteiger partial charge in [-0.15, -0.1) is 0 Å². The molecule has 0 aliphatic carbocycles. The molecule has 1 unspecified atom stereocenters. The molecule has 0 spiro atoms. The predicted molar refractivity (Wildman–Crippen MR) is 75.6 cm³/mol. The Labute approximate surface area is 116 Å². The lowest BCUT2D eigenvalue weighted by molar-refractivity contribution is 0.414. The molecule has 3 rings (SSSR count). The number of benzene rings is 1. The Kier molecular flexibility index (Phi) is 3.56. The average Bonchev–Trinajstić information content (AvgIpc) is 2.90. The second kappa shape index (κ2) is 5.50. The summed E-state index contributed by atoms with van der Waals surface area (Å²) in [5.74, 6) is 1.77. The fourth-order valence-electron chi connectivity index (χ4n) is 2.65. The molecule has 6 nitrogen and oxygen atoms in total. The highest BCUT2D eigenvalue weighted by atomic mass is 16.5. The van der Waals surface area contributed by atoms with Crippen LogP contribution in [-0.2, 0) is 0 Å². The quantitative estimate of drug-likeness (QED) is 0.877. The average molecular weight is 274 g/mol. The maximum Gasteiger partial charge on any atom is 0.347 e. The molecule has 1 aliphatic rings. The minimum atomic E-state index is -0.209. The van der Waals surface area contributed by atoms with Gasteiger partial charge in [-0.3, -0.25) is 0 Å². The van der Waals surface area contributed by atoms with Crippen LogP contribution in [0, 0.1) is 0 Å². The Morgan fingerprint density at radius 1 is 1.45 bits per heavy atom. The zero-order valence-corrected chi connectivity index (χ0v) is 11.4. The Morgan fingerprint density at radius 2 is 2.35 bits per heavy atom. The minimum absolute atomic E-state index is 0.209. The predicted octanol–water partition coefficient (Wildman–Crippen LogP) is 1.04. The Balaban J connectivity index is 2.03. The van der Waals surface area contributed by atoms with Crippen LogP contribution in [0.25, 0.3) is 5.69 Å². The molecular weight excluding hydrogens is 256 g/mol. The molecule has 1 saturated heterocycles. The van der Waals surface area contributed by atoms with Crippen molar-refractivity contribution in [2.24, 2.45) is 0 Å². The van der Waals surface area contributed by atoms with Crippen LogP contribution < -0.4 is 15.7 Å². The van der Waals surface area contributed by atoms with Gasteiger partial charge in [-0.05, 0) is 31.5 Å². The first-order valence-electron chi connectivity index (χ1n) is 6.82. The maximum atomic E-state index is 12.1. The van der Waals surface area contributed by atoms with E-state index in [9.17, 15) is 4.79 Å². The molecule has 1 aromatic carbocycles. The van der Waals surface area contributed by atoms with E-state index in [1.807, 2.05) is 24.3 Å². The number of aromatic amines is 1. The molecule has 20 heavy (non-hydrogen) atoms. The van der Waals surface area contributed by atoms with E-state index in [4.69, 9.17) is 4.74 Å². The lowest BCUT2D eigenvalue weighted by atomic mass is 9.99. The summed E-state index contributed by atoms with van der Waals surface area (Å²) in [6.45, 7) is 1.89. The van der Waals surface area contributed by atoms with Crippen molar-refractivity contribution >= 4 is 0 Å². The number of aromatic nitrogens is 3. The third-order valence-electron chi connectivity index (χ3n) is 3.67. The fraction of sp³-hybridized carbons (Fsp3) is 0.429. The highest BCUT2D eigenvalue weighted by Gasteiger charge is 2.22. The van der Waals surface area contributed by atoms with Crippen LogP contribution in [0.2, 0.25) is 0 Å². The molecular formula is C14H18N4O2. The Hall–Kier alpha value is -2.08. The Morgan fingerprint density at radius 3 is 3.10 bits per heavy atom. The number of rotatable bonds is 3. The lowest BCUT2D eigenvalue weighted by Crippen LogP contribution is -2.31. The molecule has 0 bridgehead atoms. The van der Waals surface area contributed by atoms with E-state index in [1.54, 1.807) is 11.7 Å². The molecule has 0 amide bonds. The number of nitrogens with zero attached hydrogens (tertiary/aromatic N) is 2. The topological polar surface area (TPSA) is 71.9 Å². The molecule has 1 fully saturated rings. The highest BCUT2D eigenvalue weighted by molar-refractivity contribution is 5.40.